The minimum atomic E-state index is -2.59. The van der Waals surface area contributed by atoms with Gasteiger partial charge in [0.05, 0.1) is 6.04 Å². The lowest BCUT2D eigenvalue weighted by Crippen LogP contribution is -2.40. The van der Waals surface area contributed by atoms with E-state index in [4.69, 9.17) is 0 Å². The Morgan fingerprint density at radius 1 is 1.43 bits per heavy atom. The quantitative estimate of drug-likeness (QED) is 0.855. The molecule has 3 nitrogen and oxygen atoms in total. The maximum Gasteiger partial charge on any atom is 0.252 e. The van der Waals surface area contributed by atoms with Crippen molar-refractivity contribution in [1.29, 1.82) is 0 Å². The molecule has 2 saturated heterocycles. The van der Waals surface area contributed by atoms with Gasteiger partial charge in [0.15, 0.2) is 0 Å². The molecule has 0 N–H and O–H groups in total. The lowest BCUT2D eigenvalue weighted by molar-refractivity contribution is -0.146. The van der Waals surface area contributed by atoms with Gasteiger partial charge in [-0.25, -0.2) is 8.78 Å². The molecule has 1 amide bonds. The Hall–Kier alpha value is -1.52. The number of fused-ring (bicyclic) bond motifs is 1. The summed E-state index contributed by atoms with van der Waals surface area (Å²) in [5, 5.41) is 0. The number of pyridine rings is 1. The molecule has 1 aromatic heterocycles. The highest BCUT2D eigenvalue weighted by molar-refractivity contribution is 5.86. The van der Waals surface area contributed by atoms with Crippen molar-refractivity contribution in [2.75, 3.05) is 0 Å². The molecule has 2 aliphatic heterocycles. The van der Waals surface area contributed by atoms with Gasteiger partial charge in [-0.15, -0.1) is 0 Å². The maximum absolute atomic E-state index is 13.5. The molecule has 3 heterocycles. The number of aromatic nitrogens is 1. The van der Waals surface area contributed by atoms with Crippen molar-refractivity contribution >= 4 is 5.91 Å². The Morgan fingerprint density at radius 2 is 2.19 bits per heavy atom. The van der Waals surface area contributed by atoms with Crippen molar-refractivity contribution in [3.05, 3.63) is 29.6 Å². The predicted molar refractivity (Wildman–Crippen MR) is 74.9 cm³/mol. The smallest absolute Gasteiger partial charge is 0.252 e. The molecule has 2 unspecified atom stereocenters. The van der Waals surface area contributed by atoms with Crippen molar-refractivity contribution in [2.24, 2.45) is 5.41 Å². The minimum Gasteiger partial charge on any atom is -0.332 e. The fourth-order valence-corrected chi connectivity index (χ4v) is 3.88. The predicted octanol–water partition coefficient (Wildman–Crippen LogP) is 3.49. The zero-order valence-corrected chi connectivity index (χ0v) is 12.4. The summed E-state index contributed by atoms with van der Waals surface area (Å²) in [7, 11) is 0. The summed E-state index contributed by atoms with van der Waals surface area (Å²) < 4.78 is 27.0. The van der Waals surface area contributed by atoms with Crippen LogP contribution in [0.15, 0.2) is 18.5 Å². The monoisotopic (exact) mass is 294 g/mol. The summed E-state index contributed by atoms with van der Waals surface area (Å²) in [6.45, 7) is 3.64. The molecule has 2 fully saturated rings. The number of rotatable bonds is 3. The van der Waals surface area contributed by atoms with Crippen molar-refractivity contribution < 1.29 is 13.6 Å². The van der Waals surface area contributed by atoms with Crippen LogP contribution in [0, 0.1) is 12.3 Å². The normalized spacial score (nSPS) is 32.0. The summed E-state index contributed by atoms with van der Waals surface area (Å²) in [5.74, 6) is -0.367. The molecule has 0 radical (unpaired) electrons. The molecule has 3 atom stereocenters. The highest BCUT2D eigenvalue weighted by atomic mass is 19.3. The highest BCUT2D eigenvalue weighted by Crippen LogP contribution is 2.52. The zero-order chi connectivity index (χ0) is 15.2. The van der Waals surface area contributed by atoms with Crippen LogP contribution in [0.3, 0.4) is 0 Å². The number of carbonyl (C=O) groups excluding carboxylic acids is 1. The second-order valence-corrected chi connectivity index (χ2v) is 6.27. The van der Waals surface area contributed by atoms with Gasteiger partial charge in [0.25, 0.3) is 6.43 Å². The number of hydrogen-bond acceptors (Lipinski definition) is 2. The van der Waals surface area contributed by atoms with Crippen LogP contribution >= 0.6 is 0 Å². The molecule has 0 bridgehead atoms. The van der Waals surface area contributed by atoms with Gasteiger partial charge in [0.2, 0.25) is 5.91 Å². The molecule has 114 valence electrons. The van der Waals surface area contributed by atoms with E-state index in [2.05, 4.69) is 4.98 Å². The van der Waals surface area contributed by atoms with Crippen LogP contribution in [-0.4, -0.2) is 28.3 Å². The largest absolute Gasteiger partial charge is 0.332 e. The van der Waals surface area contributed by atoms with Crippen molar-refractivity contribution in [3.63, 3.8) is 0 Å². The molecular formula is C16H20F2N2O. The Balaban J connectivity index is 1.94. The van der Waals surface area contributed by atoms with E-state index >= 15 is 0 Å². The Bertz CT molecular complexity index is 563. The zero-order valence-electron chi connectivity index (χ0n) is 12.4. The van der Waals surface area contributed by atoms with Gasteiger partial charge in [-0.1, -0.05) is 13.0 Å². The average Bonchev–Trinajstić information content (AvgIpc) is 2.98. The Labute approximate surface area is 123 Å². The Kier molecular flexibility index (Phi) is 3.46. The standard InChI is InChI=1S/C16H20F2N2O/c1-3-16(14(17)18)7-12-4-5-13(20(12)15(16)21)11-6-10(2)8-19-9-11/h6,8-9,12-14H,3-5,7H2,1-2H3/t12-,13?,16?/m0/s1. The minimum absolute atomic E-state index is 0.0445. The first-order chi connectivity index (χ1) is 9.99. The summed E-state index contributed by atoms with van der Waals surface area (Å²) in [5.41, 5.74) is 0.519. The van der Waals surface area contributed by atoms with Crippen LogP contribution in [0.5, 0.6) is 0 Å². The third-order valence-electron chi connectivity index (χ3n) is 5.09. The summed E-state index contributed by atoms with van der Waals surface area (Å²) in [6, 6.07) is 1.86. The second-order valence-electron chi connectivity index (χ2n) is 6.27. The molecule has 5 heteroatoms. The van der Waals surface area contributed by atoms with E-state index in [1.54, 1.807) is 24.2 Å². The van der Waals surface area contributed by atoms with E-state index in [1.807, 2.05) is 13.0 Å². The Morgan fingerprint density at radius 3 is 2.81 bits per heavy atom. The lowest BCUT2D eigenvalue weighted by atomic mass is 9.81. The molecule has 0 aromatic carbocycles. The van der Waals surface area contributed by atoms with Gasteiger partial charge in [0.1, 0.15) is 5.41 Å². The van der Waals surface area contributed by atoms with E-state index in [0.717, 1.165) is 24.0 Å². The molecule has 21 heavy (non-hydrogen) atoms. The number of carbonyl (C=O) groups is 1. The molecule has 0 aliphatic carbocycles. The molecule has 0 spiro atoms. The van der Waals surface area contributed by atoms with Crippen LogP contribution in [0.25, 0.3) is 0 Å². The molecular weight excluding hydrogens is 274 g/mol. The average molecular weight is 294 g/mol. The van der Waals surface area contributed by atoms with Gasteiger partial charge in [-0.05, 0) is 43.7 Å². The highest BCUT2D eigenvalue weighted by Gasteiger charge is 2.59. The van der Waals surface area contributed by atoms with E-state index in [9.17, 15) is 13.6 Å². The number of nitrogens with zero attached hydrogens (tertiary/aromatic N) is 2. The van der Waals surface area contributed by atoms with E-state index in [-0.39, 0.29) is 30.8 Å². The van der Waals surface area contributed by atoms with Crippen LogP contribution < -0.4 is 0 Å². The first-order valence-corrected chi connectivity index (χ1v) is 7.52. The summed E-state index contributed by atoms with van der Waals surface area (Å²) in [6.07, 6.45) is 3.06. The maximum atomic E-state index is 13.5. The van der Waals surface area contributed by atoms with Crippen molar-refractivity contribution in [3.8, 4) is 0 Å². The van der Waals surface area contributed by atoms with Crippen LogP contribution in [0.2, 0.25) is 0 Å². The van der Waals surface area contributed by atoms with Crippen LogP contribution in [0.1, 0.15) is 49.8 Å². The van der Waals surface area contributed by atoms with Gasteiger partial charge in [0, 0.05) is 18.4 Å². The van der Waals surface area contributed by atoms with Crippen molar-refractivity contribution in [2.45, 2.75) is 58.0 Å². The number of halogens is 2. The number of aryl methyl sites for hydroxylation is 1. The number of alkyl halides is 2. The summed E-state index contributed by atoms with van der Waals surface area (Å²) >= 11 is 0. The molecule has 1 aromatic rings. The number of amides is 1. The third kappa shape index (κ3) is 2.05. The van der Waals surface area contributed by atoms with E-state index < -0.39 is 11.8 Å². The molecule has 3 rings (SSSR count). The SMILES string of the molecule is CCC1(C(F)F)C[C@@H]2CCC(c3cncc(C)c3)N2C1=O. The fourth-order valence-electron chi connectivity index (χ4n) is 3.88. The summed E-state index contributed by atoms with van der Waals surface area (Å²) in [4.78, 5) is 18.6. The van der Waals surface area contributed by atoms with Gasteiger partial charge in [-0.2, -0.15) is 0 Å². The van der Waals surface area contributed by atoms with Crippen LogP contribution in [-0.2, 0) is 4.79 Å². The second kappa shape index (κ2) is 5.04. The first kappa shape index (κ1) is 14.4. The topological polar surface area (TPSA) is 33.2 Å². The van der Waals surface area contributed by atoms with Gasteiger partial charge < -0.3 is 4.90 Å². The van der Waals surface area contributed by atoms with Crippen LogP contribution in [0.4, 0.5) is 8.78 Å². The van der Waals surface area contributed by atoms with Crippen molar-refractivity contribution in [1.82, 2.24) is 9.88 Å². The lowest BCUT2D eigenvalue weighted by Gasteiger charge is -2.29. The molecule has 0 saturated carbocycles. The van der Waals surface area contributed by atoms with Gasteiger partial charge >= 0.3 is 0 Å². The van der Waals surface area contributed by atoms with E-state index in [0.29, 0.717) is 0 Å². The third-order valence-corrected chi connectivity index (χ3v) is 5.09. The van der Waals surface area contributed by atoms with Gasteiger partial charge in [-0.3, -0.25) is 9.78 Å². The first-order valence-electron chi connectivity index (χ1n) is 7.52. The fraction of sp³-hybridized carbons (Fsp3) is 0.625. The number of hydrogen-bond donors (Lipinski definition) is 0. The van der Waals surface area contributed by atoms with E-state index in [1.165, 1.54) is 0 Å². The molecule has 2 aliphatic rings.